The molecule has 0 bridgehead atoms. The van der Waals surface area contributed by atoms with Crippen molar-refractivity contribution in [3.63, 3.8) is 0 Å². The van der Waals surface area contributed by atoms with Gasteiger partial charge in [-0.05, 0) is 31.4 Å². The summed E-state index contributed by atoms with van der Waals surface area (Å²) in [6.07, 6.45) is 1.79. The van der Waals surface area contributed by atoms with Gasteiger partial charge in [-0.25, -0.2) is 4.79 Å². The van der Waals surface area contributed by atoms with Crippen LogP contribution in [0, 0.1) is 5.92 Å². The Hall–Kier alpha value is -2.27. The van der Waals surface area contributed by atoms with E-state index in [0.717, 1.165) is 6.42 Å². The lowest BCUT2D eigenvalue weighted by atomic mass is 10.0. The SMILES string of the molecule is CCCC[C@H](NC(=O)[C@H](C)NC(=O)[C@@H](NC(=O)c1ccccc1)C(C)C)C(=O)O.O=C(CBr)CBr. The van der Waals surface area contributed by atoms with Crippen molar-refractivity contribution in [3.8, 4) is 0 Å². The van der Waals surface area contributed by atoms with Crippen LogP contribution in [0.25, 0.3) is 0 Å². The van der Waals surface area contributed by atoms with Gasteiger partial charge in [-0.2, -0.15) is 0 Å². The molecule has 0 aliphatic rings. The number of Topliss-reactive ketones (excluding diaryl/α,β-unsaturated/α-hetero) is 1. The molecule has 3 atom stereocenters. The minimum absolute atomic E-state index is 0.176. The molecule has 196 valence electrons. The van der Waals surface area contributed by atoms with Crippen LogP contribution >= 0.6 is 31.9 Å². The van der Waals surface area contributed by atoms with Gasteiger partial charge in [0.25, 0.3) is 5.91 Å². The van der Waals surface area contributed by atoms with Crippen LogP contribution in [0.4, 0.5) is 0 Å². The van der Waals surface area contributed by atoms with Crippen LogP contribution < -0.4 is 16.0 Å². The van der Waals surface area contributed by atoms with Gasteiger partial charge in [-0.3, -0.25) is 19.2 Å². The molecular formula is C24H35Br2N3O6. The Bertz CT molecular complexity index is 830. The summed E-state index contributed by atoms with van der Waals surface area (Å²) < 4.78 is 0. The molecule has 11 heteroatoms. The monoisotopic (exact) mass is 619 g/mol. The highest BCUT2D eigenvalue weighted by atomic mass is 79.9. The topological polar surface area (TPSA) is 142 Å². The molecule has 0 saturated carbocycles. The number of hydrogen-bond acceptors (Lipinski definition) is 5. The number of benzene rings is 1. The highest BCUT2D eigenvalue weighted by molar-refractivity contribution is 9.10. The van der Waals surface area contributed by atoms with E-state index in [0.29, 0.717) is 29.1 Å². The third kappa shape index (κ3) is 13.4. The molecule has 1 aromatic carbocycles. The molecule has 9 nitrogen and oxygen atoms in total. The lowest BCUT2D eigenvalue weighted by Gasteiger charge is -2.24. The number of nitrogens with one attached hydrogen (secondary N) is 3. The highest BCUT2D eigenvalue weighted by Gasteiger charge is 2.28. The number of halogens is 2. The number of carbonyl (C=O) groups excluding carboxylic acids is 4. The van der Waals surface area contributed by atoms with Crippen LogP contribution in [0.1, 0.15) is 57.3 Å². The van der Waals surface area contributed by atoms with Crippen LogP contribution in [0.2, 0.25) is 0 Å². The molecule has 35 heavy (non-hydrogen) atoms. The van der Waals surface area contributed by atoms with Crippen LogP contribution in [-0.2, 0) is 19.2 Å². The summed E-state index contributed by atoms with van der Waals surface area (Å²) in [6.45, 7) is 6.97. The van der Waals surface area contributed by atoms with Crippen LogP contribution in [0.3, 0.4) is 0 Å². The van der Waals surface area contributed by atoms with E-state index in [-0.39, 0.29) is 17.6 Å². The van der Waals surface area contributed by atoms with Crippen LogP contribution in [-0.4, -0.2) is 63.4 Å². The van der Waals surface area contributed by atoms with Crippen molar-refractivity contribution in [2.75, 3.05) is 10.7 Å². The first-order valence-corrected chi connectivity index (χ1v) is 13.6. The van der Waals surface area contributed by atoms with Crippen molar-refractivity contribution >= 4 is 61.3 Å². The molecule has 0 fully saturated rings. The van der Waals surface area contributed by atoms with Gasteiger partial charge in [-0.1, -0.05) is 83.7 Å². The minimum atomic E-state index is -1.11. The van der Waals surface area contributed by atoms with Crippen molar-refractivity contribution in [3.05, 3.63) is 35.9 Å². The number of rotatable bonds is 13. The Labute approximate surface area is 223 Å². The Morgan fingerprint density at radius 2 is 1.46 bits per heavy atom. The lowest BCUT2D eigenvalue weighted by molar-refractivity contribution is -0.142. The Balaban J connectivity index is 0.00000170. The van der Waals surface area contributed by atoms with E-state index in [1.54, 1.807) is 44.2 Å². The Morgan fingerprint density at radius 3 is 1.89 bits per heavy atom. The van der Waals surface area contributed by atoms with Gasteiger partial charge >= 0.3 is 5.97 Å². The molecule has 4 N–H and O–H groups in total. The molecule has 1 rings (SSSR count). The summed E-state index contributed by atoms with van der Waals surface area (Å²) >= 11 is 5.99. The van der Waals surface area contributed by atoms with Crippen molar-refractivity contribution < 1.29 is 29.1 Å². The fraction of sp³-hybridized carbons (Fsp3) is 0.542. The number of aliphatic carboxylic acids is 1. The molecular weight excluding hydrogens is 586 g/mol. The lowest BCUT2D eigenvalue weighted by Crippen LogP contribution is -2.56. The smallest absolute Gasteiger partial charge is 0.326 e. The van der Waals surface area contributed by atoms with Crippen molar-refractivity contribution in [1.82, 2.24) is 16.0 Å². The van der Waals surface area contributed by atoms with E-state index < -0.39 is 35.9 Å². The molecule has 3 amide bonds. The molecule has 0 heterocycles. The van der Waals surface area contributed by atoms with E-state index in [2.05, 4.69) is 47.8 Å². The van der Waals surface area contributed by atoms with E-state index in [1.165, 1.54) is 6.92 Å². The first-order valence-electron chi connectivity index (χ1n) is 11.3. The molecule has 0 unspecified atom stereocenters. The Kier molecular flexibility index (Phi) is 16.9. The number of unbranched alkanes of at least 4 members (excludes halogenated alkanes) is 1. The number of hydrogen-bond donors (Lipinski definition) is 4. The molecule has 0 aromatic heterocycles. The number of amides is 3. The molecule has 1 aromatic rings. The first-order chi connectivity index (χ1) is 16.5. The largest absolute Gasteiger partial charge is 0.480 e. The number of alkyl halides is 2. The normalized spacial score (nSPS) is 12.9. The molecule has 0 radical (unpaired) electrons. The number of carboxylic acids is 1. The van der Waals surface area contributed by atoms with Crippen LogP contribution in [0.5, 0.6) is 0 Å². The predicted octanol–water partition coefficient (Wildman–Crippen LogP) is 3.05. The molecule has 0 aliphatic heterocycles. The standard InChI is InChI=1S/C21H31N3O5.C3H4Br2O/c1-5-6-12-16(21(28)29)23-18(25)14(4)22-20(27)17(13(2)3)24-19(26)15-10-8-7-9-11-15;4-1-3(6)2-5/h7-11,13-14,16-17H,5-6,12H2,1-4H3,(H,22,27)(H,23,25)(H,24,26)(H,28,29);1-2H2/t14-,16-,17-;/m0./s1. The zero-order valence-electron chi connectivity index (χ0n) is 20.5. The number of carbonyl (C=O) groups is 5. The summed E-state index contributed by atoms with van der Waals surface area (Å²) in [7, 11) is 0. The van der Waals surface area contributed by atoms with E-state index >= 15 is 0 Å². The minimum Gasteiger partial charge on any atom is -0.480 e. The first kappa shape index (κ1) is 32.7. The van der Waals surface area contributed by atoms with E-state index in [4.69, 9.17) is 0 Å². The fourth-order valence-electron chi connectivity index (χ4n) is 2.72. The summed E-state index contributed by atoms with van der Waals surface area (Å²) in [6, 6.07) is 5.74. The summed E-state index contributed by atoms with van der Waals surface area (Å²) in [5.41, 5.74) is 0.428. The van der Waals surface area contributed by atoms with Gasteiger partial charge in [0.05, 0.1) is 10.7 Å². The Morgan fingerprint density at radius 1 is 0.886 bits per heavy atom. The average Bonchev–Trinajstić information content (AvgIpc) is 2.84. The molecule has 0 aliphatic carbocycles. The van der Waals surface area contributed by atoms with Gasteiger partial charge in [0.15, 0.2) is 5.78 Å². The maximum atomic E-state index is 12.6. The van der Waals surface area contributed by atoms with Crippen molar-refractivity contribution in [1.29, 1.82) is 0 Å². The maximum absolute atomic E-state index is 12.6. The summed E-state index contributed by atoms with van der Waals surface area (Å²) in [4.78, 5) is 58.7. The number of ketones is 1. The van der Waals surface area contributed by atoms with Crippen LogP contribution in [0.15, 0.2) is 30.3 Å². The van der Waals surface area contributed by atoms with Gasteiger partial charge in [0, 0.05) is 5.56 Å². The second kappa shape index (κ2) is 18.1. The zero-order valence-corrected chi connectivity index (χ0v) is 23.6. The average molecular weight is 621 g/mol. The summed E-state index contributed by atoms with van der Waals surface area (Å²) in [5, 5.41) is 17.8. The summed E-state index contributed by atoms with van der Waals surface area (Å²) in [5.74, 6) is -2.63. The van der Waals surface area contributed by atoms with Gasteiger partial charge in [-0.15, -0.1) is 0 Å². The van der Waals surface area contributed by atoms with E-state index in [1.807, 2.05) is 6.92 Å². The molecule has 0 spiro atoms. The van der Waals surface area contributed by atoms with Gasteiger partial charge in [0.1, 0.15) is 18.1 Å². The predicted molar refractivity (Wildman–Crippen MR) is 142 cm³/mol. The quantitative estimate of drug-likeness (QED) is 0.250. The third-order valence-corrected chi connectivity index (χ3v) is 6.03. The maximum Gasteiger partial charge on any atom is 0.326 e. The van der Waals surface area contributed by atoms with Crippen molar-refractivity contribution in [2.45, 2.75) is 65.1 Å². The number of carboxylic acid groups (broad SMARTS) is 1. The highest BCUT2D eigenvalue weighted by Crippen LogP contribution is 2.06. The zero-order chi connectivity index (χ0) is 27.0. The molecule has 0 saturated heterocycles. The van der Waals surface area contributed by atoms with Gasteiger partial charge < -0.3 is 21.1 Å². The van der Waals surface area contributed by atoms with E-state index in [9.17, 15) is 29.1 Å². The fourth-order valence-corrected chi connectivity index (χ4v) is 3.64. The van der Waals surface area contributed by atoms with Gasteiger partial charge in [0.2, 0.25) is 11.8 Å². The second-order valence-corrected chi connectivity index (χ2v) is 9.26. The van der Waals surface area contributed by atoms with Crippen molar-refractivity contribution in [2.24, 2.45) is 5.92 Å². The second-order valence-electron chi connectivity index (χ2n) is 8.14. The third-order valence-electron chi connectivity index (χ3n) is 4.78.